The van der Waals surface area contributed by atoms with E-state index in [0.29, 0.717) is 13.0 Å². The van der Waals surface area contributed by atoms with Gasteiger partial charge in [-0.15, -0.1) is 0 Å². The summed E-state index contributed by atoms with van der Waals surface area (Å²) in [5.74, 6) is 0.984. The first-order valence-electron chi connectivity index (χ1n) is 6.25. The molecule has 0 atom stereocenters. The molecule has 0 saturated carbocycles. The van der Waals surface area contributed by atoms with Crippen LogP contribution < -0.4 is 11.1 Å². The van der Waals surface area contributed by atoms with Gasteiger partial charge in [-0.1, -0.05) is 6.07 Å². The molecule has 0 unspecified atom stereocenters. The Hall–Kier alpha value is -2.14. The standard InChI is InChI=1S/C14H16N4O/c1-8-16-12(7-15)14(18(8)2)9-3-4-11-10(5-9)6-13(19)17-11/h3-5H,6-7,15H2,1-2H3,(H,17,19). The second-order valence-electron chi connectivity index (χ2n) is 4.81. The smallest absolute Gasteiger partial charge is 0.228 e. The van der Waals surface area contributed by atoms with Crippen molar-refractivity contribution in [2.75, 3.05) is 5.32 Å². The molecule has 1 aromatic carbocycles. The van der Waals surface area contributed by atoms with Gasteiger partial charge < -0.3 is 15.6 Å². The van der Waals surface area contributed by atoms with Gasteiger partial charge in [0.25, 0.3) is 0 Å². The molecule has 1 aliphatic rings. The molecule has 19 heavy (non-hydrogen) atoms. The number of imidazole rings is 1. The number of hydrogen-bond acceptors (Lipinski definition) is 3. The molecule has 1 amide bonds. The summed E-state index contributed by atoms with van der Waals surface area (Å²) in [6.45, 7) is 2.37. The van der Waals surface area contributed by atoms with Crippen LogP contribution in [0.2, 0.25) is 0 Å². The third-order valence-corrected chi connectivity index (χ3v) is 3.59. The molecule has 98 valence electrons. The maximum absolute atomic E-state index is 11.4. The molecule has 0 bridgehead atoms. The summed E-state index contributed by atoms with van der Waals surface area (Å²) in [6.07, 6.45) is 0.442. The first-order valence-corrected chi connectivity index (χ1v) is 6.25. The Morgan fingerprint density at radius 1 is 1.47 bits per heavy atom. The van der Waals surface area contributed by atoms with E-state index in [2.05, 4.69) is 10.3 Å². The van der Waals surface area contributed by atoms with Crippen LogP contribution in [-0.4, -0.2) is 15.5 Å². The highest BCUT2D eigenvalue weighted by atomic mass is 16.1. The highest BCUT2D eigenvalue weighted by Gasteiger charge is 2.20. The number of amides is 1. The van der Waals surface area contributed by atoms with E-state index >= 15 is 0 Å². The predicted octanol–water partition coefficient (Wildman–Crippen LogP) is 1.35. The van der Waals surface area contributed by atoms with E-state index in [1.54, 1.807) is 0 Å². The number of rotatable bonds is 2. The molecular formula is C14H16N4O. The summed E-state index contributed by atoms with van der Waals surface area (Å²) in [4.78, 5) is 15.9. The van der Waals surface area contributed by atoms with Gasteiger partial charge in [0.2, 0.25) is 5.91 Å². The zero-order valence-corrected chi connectivity index (χ0v) is 11.0. The first-order chi connectivity index (χ1) is 9.10. The van der Waals surface area contributed by atoms with Crippen LogP contribution in [0, 0.1) is 6.92 Å². The second-order valence-corrected chi connectivity index (χ2v) is 4.81. The summed E-state index contributed by atoms with van der Waals surface area (Å²) in [7, 11) is 1.98. The quantitative estimate of drug-likeness (QED) is 0.851. The number of carbonyl (C=O) groups excluding carboxylic acids is 1. The fourth-order valence-electron chi connectivity index (χ4n) is 2.56. The topological polar surface area (TPSA) is 72.9 Å². The summed E-state index contributed by atoms with van der Waals surface area (Å²) >= 11 is 0. The molecule has 5 nitrogen and oxygen atoms in total. The van der Waals surface area contributed by atoms with Crippen molar-refractivity contribution in [3.63, 3.8) is 0 Å². The third kappa shape index (κ3) is 1.82. The van der Waals surface area contributed by atoms with Gasteiger partial charge >= 0.3 is 0 Å². The SMILES string of the molecule is Cc1nc(CN)c(-c2ccc3c(c2)CC(=O)N3)n1C. The number of anilines is 1. The van der Waals surface area contributed by atoms with Gasteiger partial charge in [0.1, 0.15) is 5.82 Å². The Labute approximate surface area is 111 Å². The van der Waals surface area contributed by atoms with Crippen molar-refractivity contribution in [2.45, 2.75) is 19.9 Å². The number of hydrogen-bond donors (Lipinski definition) is 2. The molecule has 2 heterocycles. The van der Waals surface area contributed by atoms with Crippen molar-refractivity contribution >= 4 is 11.6 Å². The molecule has 0 spiro atoms. The van der Waals surface area contributed by atoms with Crippen LogP contribution in [0.5, 0.6) is 0 Å². The van der Waals surface area contributed by atoms with Crippen molar-refractivity contribution < 1.29 is 4.79 Å². The van der Waals surface area contributed by atoms with Gasteiger partial charge in [0.05, 0.1) is 17.8 Å². The molecule has 1 aliphatic heterocycles. The van der Waals surface area contributed by atoms with Gasteiger partial charge in [-0.05, 0) is 24.6 Å². The molecule has 0 radical (unpaired) electrons. The number of carbonyl (C=O) groups is 1. The van der Waals surface area contributed by atoms with Gasteiger partial charge in [0, 0.05) is 24.8 Å². The Kier molecular flexibility index (Phi) is 2.64. The van der Waals surface area contributed by atoms with Crippen LogP contribution in [0.15, 0.2) is 18.2 Å². The molecule has 1 aromatic heterocycles. The van der Waals surface area contributed by atoms with Crippen LogP contribution in [0.4, 0.5) is 5.69 Å². The number of benzene rings is 1. The zero-order valence-electron chi connectivity index (χ0n) is 11.0. The Balaban J connectivity index is 2.13. The molecule has 3 rings (SSSR count). The largest absolute Gasteiger partial charge is 0.331 e. The van der Waals surface area contributed by atoms with Gasteiger partial charge in [-0.3, -0.25) is 4.79 Å². The van der Waals surface area contributed by atoms with E-state index in [0.717, 1.165) is 34.0 Å². The molecular weight excluding hydrogens is 240 g/mol. The molecule has 3 N–H and O–H groups in total. The monoisotopic (exact) mass is 256 g/mol. The van der Waals surface area contributed by atoms with E-state index in [4.69, 9.17) is 5.73 Å². The van der Waals surface area contributed by atoms with Crippen LogP contribution in [0.1, 0.15) is 17.1 Å². The number of nitrogens with one attached hydrogen (secondary N) is 1. The number of aromatic nitrogens is 2. The Morgan fingerprint density at radius 3 is 3.00 bits per heavy atom. The summed E-state index contributed by atoms with van der Waals surface area (Å²) in [5.41, 5.74) is 10.7. The number of aryl methyl sites for hydroxylation is 1. The number of fused-ring (bicyclic) bond motifs is 1. The van der Waals surface area contributed by atoms with Gasteiger partial charge in [0.15, 0.2) is 0 Å². The highest BCUT2D eigenvalue weighted by molar-refractivity contribution is 5.99. The molecule has 5 heteroatoms. The van der Waals surface area contributed by atoms with E-state index in [-0.39, 0.29) is 5.91 Å². The maximum atomic E-state index is 11.4. The third-order valence-electron chi connectivity index (χ3n) is 3.59. The minimum absolute atomic E-state index is 0.0485. The summed E-state index contributed by atoms with van der Waals surface area (Å²) in [6, 6.07) is 5.99. The normalized spacial score (nSPS) is 13.5. The fourth-order valence-corrected chi connectivity index (χ4v) is 2.56. The van der Waals surface area contributed by atoms with E-state index < -0.39 is 0 Å². The van der Waals surface area contributed by atoms with Crippen LogP contribution >= 0.6 is 0 Å². The van der Waals surface area contributed by atoms with Gasteiger partial charge in [-0.25, -0.2) is 4.98 Å². The minimum Gasteiger partial charge on any atom is -0.331 e. The van der Waals surface area contributed by atoms with Crippen molar-refractivity contribution in [1.29, 1.82) is 0 Å². The van der Waals surface area contributed by atoms with E-state index in [1.807, 2.05) is 36.7 Å². The molecule has 0 aliphatic carbocycles. The van der Waals surface area contributed by atoms with Crippen LogP contribution in [0.25, 0.3) is 11.3 Å². The van der Waals surface area contributed by atoms with Crippen LogP contribution in [0.3, 0.4) is 0 Å². The lowest BCUT2D eigenvalue weighted by Gasteiger charge is -2.08. The summed E-state index contributed by atoms with van der Waals surface area (Å²) in [5, 5.41) is 2.84. The maximum Gasteiger partial charge on any atom is 0.228 e. The molecule has 0 saturated heterocycles. The Morgan fingerprint density at radius 2 is 2.26 bits per heavy atom. The molecule has 0 fully saturated rings. The van der Waals surface area contributed by atoms with Gasteiger partial charge in [-0.2, -0.15) is 0 Å². The predicted molar refractivity (Wildman–Crippen MR) is 73.6 cm³/mol. The highest BCUT2D eigenvalue weighted by Crippen LogP contribution is 2.30. The lowest BCUT2D eigenvalue weighted by molar-refractivity contribution is -0.115. The lowest BCUT2D eigenvalue weighted by atomic mass is 10.0. The minimum atomic E-state index is 0.0485. The first kappa shape index (κ1) is 11.9. The summed E-state index contributed by atoms with van der Waals surface area (Å²) < 4.78 is 2.04. The van der Waals surface area contributed by atoms with E-state index in [9.17, 15) is 4.79 Å². The number of nitrogens with zero attached hydrogens (tertiary/aromatic N) is 2. The van der Waals surface area contributed by atoms with Crippen LogP contribution in [-0.2, 0) is 24.8 Å². The second kappa shape index (κ2) is 4.20. The van der Waals surface area contributed by atoms with Crippen molar-refractivity contribution in [1.82, 2.24) is 9.55 Å². The van der Waals surface area contributed by atoms with Crippen molar-refractivity contribution in [3.8, 4) is 11.3 Å². The van der Waals surface area contributed by atoms with Crippen molar-refractivity contribution in [2.24, 2.45) is 12.8 Å². The lowest BCUT2D eigenvalue weighted by Crippen LogP contribution is -2.03. The average Bonchev–Trinajstić information content (AvgIpc) is 2.88. The zero-order chi connectivity index (χ0) is 13.6. The molecule has 2 aromatic rings. The Bertz CT molecular complexity index is 672. The van der Waals surface area contributed by atoms with E-state index in [1.165, 1.54) is 0 Å². The average molecular weight is 256 g/mol. The number of nitrogens with two attached hydrogens (primary N) is 1. The van der Waals surface area contributed by atoms with Crippen molar-refractivity contribution in [3.05, 3.63) is 35.3 Å². The fraction of sp³-hybridized carbons (Fsp3) is 0.286.